The van der Waals surface area contributed by atoms with Crippen molar-refractivity contribution in [3.8, 4) is 6.07 Å². The van der Waals surface area contributed by atoms with Crippen molar-refractivity contribution in [2.24, 2.45) is 0 Å². The summed E-state index contributed by atoms with van der Waals surface area (Å²) < 4.78 is 5.08. The Kier molecular flexibility index (Phi) is 4.52. The number of nitriles is 1. The Balaban J connectivity index is 1.40. The van der Waals surface area contributed by atoms with Crippen LogP contribution in [0, 0.1) is 11.3 Å². The molecule has 3 aromatic rings. The number of hydrogen-bond donors (Lipinski definition) is 1. The van der Waals surface area contributed by atoms with E-state index in [1.807, 2.05) is 0 Å². The van der Waals surface area contributed by atoms with Gasteiger partial charge < -0.3 is 10.1 Å². The van der Waals surface area contributed by atoms with Gasteiger partial charge in [-0.1, -0.05) is 0 Å². The van der Waals surface area contributed by atoms with Gasteiger partial charge in [-0.05, 0) is 43.0 Å². The van der Waals surface area contributed by atoms with E-state index in [0.29, 0.717) is 27.2 Å². The molecule has 7 nitrogen and oxygen atoms in total. The molecule has 0 fully saturated rings. The van der Waals surface area contributed by atoms with Gasteiger partial charge in [0, 0.05) is 17.3 Å². The van der Waals surface area contributed by atoms with Crippen molar-refractivity contribution in [1.82, 2.24) is 9.97 Å². The van der Waals surface area contributed by atoms with Gasteiger partial charge in [0.25, 0.3) is 5.91 Å². The summed E-state index contributed by atoms with van der Waals surface area (Å²) >= 11 is 1.42. The summed E-state index contributed by atoms with van der Waals surface area (Å²) in [7, 11) is 0. The summed E-state index contributed by atoms with van der Waals surface area (Å²) in [6, 6.07) is 6.98. The van der Waals surface area contributed by atoms with Gasteiger partial charge in [0.15, 0.2) is 6.61 Å². The first-order valence-corrected chi connectivity index (χ1v) is 9.20. The highest BCUT2D eigenvalue weighted by Gasteiger charge is 2.23. The second kappa shape index (κ2) is 7.13. The number of esters is 1. The van der Waals surface area contributed by atoms with Crippen molar-refractivity contribution >= 4 is 39.2 Å². The first kappa shape index (κ1) is 17.1. The number of rotatable bonds is 4. The summed E-state index contributed by atoms with van der Waals surface area (Å²) in [5.41, 5.74) is 3.10. The van der Waals surface area contributed by atoms with Gasteiger partial charge in [-0.15, -0.1) is 11.3 Å². The number of thiophene rings is 1. The Hall–Kier alpha value is -3.31. The van der Waals surface area contributed by atoms with Crippen LogP contribution in [0.2, 0.25) is 0 Å². The molecule has 2 heterocycles. The first-order valence-electron chi connectivity index (χ1n) is 8.38. The van der Waals surface area contributed by atoms with Crippen molar-refractivity contribution in [1.29, 1.82) is 5.26 Å². The molecule has 0 saturated carbocycles. The average Bonchev–Trinajstić information content (AvgIpc) is 3.26. The number of nitrogens with zero attached hydrogens (tertiary/aromatic N) is 3. The SMILES string of the molecule is N#Cc1c(NC(=O)COC(=O)c2ccc3nccnc3c2)sc2c1CCC2. The number of ether oxygens (including phenoxy) is 1. The lowest BCUT2D eigenvalue weighted by molar-refractivity contribution is -0.119. The van der Waals surface area contributed by atoms with Gasteiger partial charge in [-0.2, -0.15) is 5.26 Å². The Morgan fingerprint density at radius 3 is 2.85 bits per heavy atom. The molecular weight excluding hydrogens is 364 g/mol. The minimum atomic E-state index is -0.619. The highest BCUT2D eigenvalue weighted by Crippen LogP contribution is 2.38. The monoisotopic (exact) mass is 378 g/mol. The molecule has 2 aromatic heterocycles. The third-order valence-corrected chi connectivity index (χ3v) is 5.53. The zero-order chi connectivity index (χ0) is 18.8. The van der Waals surface area contributed by atoms with E-state index in [0.717, 1.165) is 29.7 Å². The number of benzene rings is 1. The fourth-order valence-corrected chi connectivity index (χ4v) is 4.33. The molecule has 0 spiro atoms. The predicted octanol–water partition coefficient (Wildman–Crippen LogP) is 2.85. The molecule has 0 atom stereocenters. The van der Waals surface area contributed by atoms with E-state index >= 15 is 0 Å². The lowest BCUT2D eigenvalue weighted by Gasteiger charge is -2.06. The molecule has 1 aliphatic rings. The number of aromatic nitrogens is 2. The van der Waals surface area contributed by atoms with Crippen LogP contribution in [0.5, 0.6) is 0 Å². The van der Waals surface area contributed by atoms with Crippen molar-refractivity contribution in [3.63, 3.8) is 0 Å². The third kappa shape index (κ3) is 3.37. The van der Waals surface area contributed by atoms with Gasteiger partial charge >= 0.3 is 5.97 Å². The van der Waals surface area contributed by atoms with E-state index < -0.39 is 18.5 Å². The normalized spacial score (nSPS) is 12.4. The van der Waals surface area contributed by atoms with Crippen LogP contribution >= 0.6 is 11.3 Å². The van der Waals surface area contributed by atoms with Gasteiger partial charge in [0.2, 0.25) is 0 Å². The third-order valence-electron chi connectivity index (χ3n) is 4.33. The average molecular weight is 378 g/mol. The Morgan fingerprint density at radius 2 is 2.04 bits per heavy atom. The maximum atomic E-state index is 12.2. The largest absolute Gasteiger partial charge is 0.452 e. The smallest absolute Gasteiger partial charge is 0.338 e. The number of anilines is 1. The van der Waals surface area contributed by atoms with Crippen LogP contribution in [0.15, 0.2) is 30.6 Å². The van der Waals surface area contributed by atoms with Gasteiger partial charge in [0.05, 0.1) is 22.2 Å². The molecule has 4 rings (SSSR count). The fourth-order valence-electron chi connectivity index (χ4n) is 3.08. The van der Waals surface area contributed by atoms with Crippen LogP contribution in [-0.4, -0.2) is 28.5 Å². The quantitative estimate of drug-likeness (QED) is 0.700. The van der Waals surface area contributed by atoms with Crippen molar-refractivity contribution in [2.45, 2.75) is 19.3 Å². The molecule has 0 bridgehead atoms. The number of hydrogen-bond acceptors (Lipinski definition) is 7. The number of fused-ring (bicyclic) bond motifs is 2. The zero-order valence-corrected chi connectivity index (χ0v) is 15.0. The van der Waals surface area contributed by atoms with Crippen LogP contribution < -0.4 is 5.32 Å². The fraction of sp³-hybridized carbons (Fsp3) is 0.211. The van der Waals surface area contributed by atoms with Crippen LogP contribution in [0.25, 0.3) is 11.0 Å². The van der Waals surface area contributed by atoms with E-state index in [-0.39, 0.29) is 0 Å². The van der Waals surface area contributed by atoms with Crippen molar-refractivity contribution in [2.75, 3.05) is 11.9 Å². The summed E-state index contributed by atoms with van der Waals surface area (Å²) in [5.74, 6) is -1.09. The standard InChI is InChI=1S/C19H14N4O3S/c20-9-13-12-2-1-3-16(12)27-18(13)23-17(24)10-26-19(25)11-4-5-14-15(8-11)22-7-6-21-14/h4-8H,1-3,10H2,(H,23,24). The highest BCUT2D eigenvalue weighted by molar-refractivity contribution is 7.16. The van der Waals surface area contributed by atoms with Crippen LogP contribution in [0.1, 0.15) is 32.8 Å². The summed E-state index contributed by atoms with van der Waals surface area (Å²) in [6.45, 7) is -0.426. The van der Waals surface area contributed by atoms with Crippen molar-refractivity contribution < 1.29 is 14.3 Å². The topological polar surface area (TPSA) is 105 Å². The summed E-state index contributed by atoms with van der Waals surface area (Å²) in [4.78, 5) is 33.7. The molecule has 0 aliphatic heterocycles. The van der Waals surface area contributed by atoms with E-state index in [2.05, 4.69) is 21.4 Å². The van der Waals surface area contributed by atoms with Gasteiger partial charge in [-0.3, -0.25) is 14.8 Å². The minimum Gasteiger partial charge on any atom is -0.452 e. The summed E-state index contributed by atoms with van der Waals surface area (Å²) in [6.07, 6.45) is 5.95. The number of carbonyl (C=O) groups excluding carboxylic acids is 2. The molecule has 1 aliphatic carbocycles. The molecule has 0 saturated heterocycles. The highest BCUT2D eigenvalue weighted by atomic mass is 32.1. The maximum Gasteiger partial charge on any atom is 0.338 e. The van der Waals surface area contributed by atoms with E-state index in [1.165, 1.54) is 17.5 Å². The lowest BCUT2D eigenvalue weighted by Crippen LogP contribution is -2.21. The zero-order valence-electron chi connectivity index (χ0n) is 14.2. The second-order valence-corrected chi connectivity index (χ2v) is 7.16. The van der Waals surface area contributed by atoms with Crippen molar-refractivity contribution in [3.05, 3.63) is 52.2 Å². The molecule has 27 heavy (non-hydrogen) atoms. The number of amides is 1. The Morgan fingerprint density at radius 1 is 1.22 bits per heavy atom. The Bertz CT molecular complexity index is 1100. The molecule has 134 valence electrons. The molecule has 1 N–H and O–H groups in total. The minimum absolute atomic E-state index is 0.295. The molecule has 1 amide bonds. The van der Waals surface area contributed by atoms with E-state index in [1.54, 1.807) is 24.4 Å². The molecule has 8 heteroatoms. The lowest BCUT2D eigenvalue weighted by atomic mass is 10.1. The van der Waals surface area contributed by atoms with Crippen LogP contribution in [0.4, 0.5) is 5.00 Å². The molecule has 0 radical (unpaired) electrons. The van der Waals surface area contributed by atoms with E-state index in [9.17, 15) is 14.9 Å². The molecule has 1 aromatic carbocycles. The number of nitrogens with one attached hydrogen (secondary N) is 1. The summed E-state index contributed by atoms with van der Waals surface area (Å²) in [5, 5.41) is 12.6. The van der Waals surface area contributed by atoms with E-state index in [4.69, 9.17) is 4.74 Å². The predicted molar refractivity (Wildman–Crippen MR) is 99.5 cm³/mol. The first-order chi connectivity index (χ1) is 13.2. The Labute approximate surface area is 158 Å². The molecule has 0 unspecified atom stereocenters. The van der Waals surface area contributed by atoms with Gasteiger partial charge in [0.1, 0.15) is 11.1 Å². The van der Waals surface area contributed by atoms with Gasteiger partial charge in [-0.25, -0.2) is 4.79 Å². The second-order valence-electron chi connectivity index (χ2n) is 6.06. The van der Waals surface area contributed by atoms with Crippen LogP contribution in [0.3, 0.4) is 0 Å². The van der Waals surface area contributed by atoms with Crippen LogP contribution in [-0.2, 0) is 22.4 Å². The number of carbonyl (C=O) groups is 2. The maximum absolute atomic E-state index is 12.2. The number of aryl methyl sites for hydroxylation is 1. The molecular formula is C19H14N4O3S.